The van der Waals surface area contributed by atoms with Crippen LogP contribution < -0.4 is 86.8 Å². The molecule has 0 aromatic heterocycles. The average molecular weight is 1980 g/mol. The molecule has 32 heteroatoms. The number of benzene rings is 8. The van der Waals surface area contributed by atoms with Crippen molar-refractivity contribution in [2.45, 2.75) is 312 Å². The zero-order chi connectivity index (χ0) is 106. The van der Waals surface area contributed by atoms with Gasteiger partial charge in [0.05, 0.1) is 0 Å². The second-order valence-electron chi connectivity index (χ2n) is 38.7. The molecule has 8 aromatic carbocycles. The predicted molar refractivity (Wildman–Crippen MR) is 559 cm³/mol. The van der Waals surface area contributed by atoms with Gasteiger partial charge in [0, 0.05) is 95.9 Å². The minimum atomic E-state index is -0.345. The van der Waals surface area contributed by atoms with E-state index in [0.717, 1.165) is 193 Å². The van der Waals surface area contributed by atoms with Gasteiger partial charge in [-0.2, -0.15) is 0 Å². The van der Waals surface area contributed by atoms with Crippen molar-refractivity contribution < 1.29 is 76.7 Å². The molecular weight excluding hydrogens is 1830 g/mol. The lowest BCUT2D eigenvalue weighted by atomic mass is 9.87. The van der Waals surface area contributed by atoms with E-state index in [0.29, 0.717) is 95.9 Å². The van der Waals surface area contributed by atoms with E-state index in [4.69, 9.17) is 0 Å². The van der Waals surface area contributed by atoms with Crippen LogP contribution in [0, 0.1) is 27.7 Å². The molecule has 0 bridgehead atoms. The number of hydrazine groups is 8. The van der Waals surface area contributed by atoms with E-state index >= 15 is 0 Å². The Bertz CT molecular complexity index is 5190. The van der Waals surface area contributed by atoms with Gasteiger partial charge in [-0.3, -0.25) is 164 Å². The third-order valence-corrected chi connectivity index (χ3v) is 23.2. The molecule has 0 unspecified atom stereocenters. The van der Waals surface area contributed by atoms with Crippen LogP contribution in [-0.2, 0) is 54.6 Å². The highest BCUT2D eigenvalue weighted by molar-refractivity contribution is 6.00. The van der Waals surface area contributed by atoms with Gasteiger partial charge in [-0.25, -0.2) is 0 Å². The van der Waals surface area contributed by atoms with Gasteiger partial charge in [-0.05, 0) is 208 Å². The maximum absolute atomic E-state index is 12.2. The molecule has 144 heavy (non-hydrogen) atoms. The molecule has 8 rings (SSSR count). The first kappa shape index (κ1) is 120. The fourth-order valence-electron chi connectivity index (χ4n) is 14.4. The molecule has 32 nitrogen and oxygen atoms in total. The summed E-state index contributed by atoms with van der Waals surface area (Å²) >= 11 is 0. The van der Waals surface area contributed by atoms with Crippen LogP contribution in [0.1, 0.15) is 390 Å². The molecule has 0 aliphatic heterocycles. The van der Waals surface area contributed by atoms with Gasteiger partial charge < -0.3 is 0 Å². The SMILES string of the molecule is CC(C)(C)c1ccc(C(=O)NNC(=O)CCCCCCCCC(=O)NNC(=O)c2ccc(C(C)(C)C)cc2)cc1.CC(C)(C)c1ccc(C(=O)NNC(=O)CCCCCCCCC(=O)NNC(=O)c2ccccc2)cc1.Cc1cccc(C(=O)NNC(=O)CCCCCCCCC(=O)NNC(=O)c2cccc(C)c2)c1.Cc1ccccc1C(=O)NNC(=O)CCCCCCCCC(=O)NNC(=O)c1ccccc1C. The largest absolute Gasteiger partial charge is 0.273 e. The van der Waals surface area contributed by atoms with E-state index in [1.165, 1.54) is 0 Å². The molecule has 0 heterocycles. The number of amides is 16. The summed E-state index contributed by atoms with van der Waals surface area (Å²) in [5.74, 6) is -4.44. The Labute approximate surface area is 848 Å². The number of carbonyl (C=O) groups is 16. The van der Waals surface area contributed by atoms with Crippen LogP contribution in [0.4, 0.5) is 0 Å². The Morgan fingerprint density at radius 2 is 0.347 bits per heavy atom. The van der Waals surface area contributed by atoms with Gasteiger partial charge in [-0.15, -0.1) is 0 Å². The van der Waals surface area contributed by atoms with Crippen molar-refractivity contribution in [3.63, 3.8) is 0 Å². The minimum absolute atomic E-state index is 0.0110. The summed E-state index contributed by atoms with van der Waals surface area (Å²) in [5.41, 5.74) is 50.3. The van der Waals surface area contributed by atoms with Gasteiger partial charge in [0.15, 0.2) is 0 Å². The highest BCUT2D eigenvalue weighted by Gasteiger charge is 2.21. The van der Waals surface area contributed by atoms with Crippen LogP contribution in [0.3, 0.4) is 0 Å². The van der Waals surface area contributed by atoms with Crippen LogP contribution in [0.5, 0.6) is 0 Å². The van der Waals surface area contributed by atoms with E-state index < -0.39 is 0 Å². The van der Waals surface area contributed by atoms with Gasteiger partial charge >= 0.3 is 0 Å². The van der Waals surface area contributed by atoms with Crippen molar-refractivity contribution in [3.05, 3.63) is 284 Å². The Kier molecular flexibility index (Phi) is 55.0. The van der Waals surface area contributed by atoms with Gasteiger partial charge in [0.2, 0.25) is 47.3 Å². The van der Waals surface area contributed by atoms with Crippen molar-refractivity contribution in [2.24, 2.45) is 0 Å². The molecule has 776 valence electrons. The van der Waals surface area contributed by atoms with E-state index in [9.17, 15) is 76.7 Å². The van der Waals surface area contributed by atoms with Crippen molar-refractivity contribution in [2.75, 3.05) is 0 Å². The molecule has 0 radical (unpaired) electrons. The monoisotopic (exact) mass is 1980 g/mol. The normalized spacial score (nSPS) is 10.8. The van der Waals surface area contributed by atoms with Gasteiger partial charge in [0.25, 0.3) is 47.3 Å². The topological polar surface area (TPSA) is 466 Å². The highest BCUT2D eigenvalue weighted by atomic mass is 16.2. The lowest BCUT2D eigenvalue weighted by Crippen LogP contribution is -2.41. The summed E-state index contributed by atoms with van der Waals surface area (Å²) < 4.78 is 0. The molecule has 0 aliphatic rings. The van der Waals surface area contributed by atoms with Crippen LogP contribution in [0.2, 0.25) is 0 Å². The Morgan fingerprint density at radius 1 is 0.174 bits per heavy atom. The molecule has 0 saturated carbocycles. The first-order chi connectivity index (χ1) is 68.7. The standard InChI is InChI=1S/C32H46N4O4.C28H38N4O4.2C26H34N4O4/c1-31(2,3)25-19-15-23(16-20-25)29(39)35-33-27(37)13-11-9-7-8-10-12-14-28(38)34-36-30(40)24-17-21-26(22-18-24)32(4,5)6;1-28(2,3)23-19-17-22(18-20-23)27(36)32-30-25(34)16-12-7-5-4-6-11-15-24(33)29-31-26(35)21-13-9-8-10-14-21;1-19-13-9-11-15-21(19)25(33)29-27-23(31)17-7-5-3-4-6-8-18-24(32)28-30-26(34)22-16-12-10-14-20(22)2;1-19-11-9-13-21(17-19)25(33)29-27-23(31)15-7-5-3-4-6-8-16-24(32)28-30-26(34)22-14-10-12-20(2)18-22/h15-22H,7-14H2,1-6H3,(H,33,37)(H,34,38)(H,35,39)(H,36,40);8-10,13-14,17-20H,4-7,11-12,15-16H2,1-3H3,(H,29,33)(H,30,34)(H,31,35)(H,32,36);9-16H,3-8,17-18H2,1-2H3,(H,27,31)(H,28,32)(H,29,33)(H,30,34);9-14,17-18H,3-8,15-16H2,1-2H3,(H,27,31)(H,28,32)(H,29,33)(H,30,34). The number of hydrogen-bond acceptors (Lipinski definition) is 16. The fraction of sp³-hybridized carbons (Fsp3) is 0.429. The number of carbonyl (C=O) groups excluding carboxylic acids is 16. The summed E-state index contributed by atoms with van der Waals surface area (Å²) in [5, 5.41) is 0. The molecular formula is C112H152N16O16. The van der Waals surface area contributed by atoms with Gasteiger partial charge in [0.1, 0.15) is 0 Å². The smallest absolute Gasteiger partial charge is 0.269 e. The molecule has 16 amide bonds. The quantitative estimate of drug-likeness (QED) is 0.0125. The second-order valence-corrected chi connectivity index (χ2v) is 38.7. The number of hydrogen-bond donors (Lipinski definition) is 16. The maximum Gasteiger partial charge on any atom is 0.269 e. The van der Waals surface area contributed by atoms with Crippen molar-refractivity contribution in [1.82, 2.24) is 86.8 Å². The minimum Gasteiger partial charge on any atom is -0.273 e. The van der Waals surface area contributed by atoms with Gasteiger partial charge in [-0.1, -0.05) is 291 Å². The van der Waals surface area contributed by atoms with Crippen molar-refractivity contribution in [1.29, 1.82) is 0 Å². The molecule has 0 aliphatic carbocycles. The third kappa shape index (κ3) is 51.1. The summed E-state index contributed by atoms with van der Waals surface area (Å²) in [6, 6.07) is 59.4. The fourth-order valence-corrected chi connectivity index (χ4v) is 14.4. The van der Waals surface area contributed by atoms with E-state index in [1.807, 2.05) is 107 Å². The molecule has 0 fully saturated rings. The number of aryl methyl sites for hydroxylation is 4. The first-order valence-corrected chi connectivity index (χ1v) is 50.0. The Morgan fingerprint density at radius 3 is 0.549 bits per heavy atom. The zero-order valence-corrected chi connectivity index (χ0v) is 86.2. The summed E-state index contributed by atoms with van der Waals surface area (Å²) in [4.78, 5) is 192. The van der Waals surface area contributed by atoms with Crippen LogP contribution >= 0.6 is 0 Å². The second kappa shape index (κ2) is 66.1. The van der Waals surface area contributed by atoms with E-state index in [1.54, 1.807) is 121 Å². The number of nitrogens with one attached hydrogen (secondary N) is 16. The number of rotatable bonds is 44. The van der Waals surface area contributed by atoms with E-state index in [-0.39, 0.29) is 111 Å². The zero-order valence-electron chi connectivity index (χ0n) is 86.2. The highest BCUT2D eigenvalue weighted by Crippen LogP contribution is 2.26. The van der Waals surface area contributed by atoms with Crippen molar-refractivity contribution in [3.8, 4) is 0 Å². The summed E-state index contributed by atoms with van der Waals surface area (Å²) in [6.45, 7) is 26.5. The van der Waals surface area contributed by atoms with Crippen LogP contribution in [-0.4, -0.2) is 94.5 Å². The Hall–Kier alpha value is -14.7. The first-order valence-electron chi connectivity index (χ1n) is 50.0. The van der Waals surface area contributed by atoms with Crippen LogP contribution in [0.25, 0.3) is 0 Å². The molecule has 0 atom stereocenters. The van der Waals surface area contributed by atoms with Crippen molar-refractivity contribution >= 4 is 94.5 Å². The molecule has 0 saturated heterocycles. The number of unbranched alkanes of at least 4 members (excludes halogenated alkanes) is 20. The molecule has 16 N–H and O–H groups in total. The van der Waals surface area contributed by atoms with E-state index in [2.05, 4.69) is 149 Å². The Balaban J connectivity index is 0.000000339. The summed E-state index contributed by atoms with van der Waals surface area (Å²) in [6.07, 6.45) is 23.5. The molecule has 8 aromatic rings. The lowest BCUT2D eigenvalue weighted by Gasteiger charge is -2.19. The third-order valence-electron chi connectivity index (χ3n) is 23.2. The molecule has 0 spiro atoms. The van der Waals surface area contributed by atoms with Crippen LogP contribution in [0.15, 0.2) is 200 Å². The lowest BCUT2D eigenvalue weighted by molar-refractivity contribution is -0.122. The predicted octanol–water partition coefficient (Wildman–Crippen LogP) is 17.2. The average Bonchev–Trinajstić information content (AvgIpc) is 0.848. The summed E-state index contributed by atoms with van der Waals surface area (Å²) in [7, 11) is 0. The maximum atomic E-state index is 12.2.